The van der Waals surface area contributed by atoms with Gasteiger partial charge >= 0.3 is 0 Å². The van der Waals surface area contributed by atoms with E-state index in [0.717, 1.165) is 41.1 Å². The number of carbonyl (C=O) groups excluding carboxylic acids is 1. The Morgan fingerprint density at radius 3 is 2.78 bits per heavy atom. The number of hydrogen-bond donors (Lipinski definition) is 0. The van der Waals surface area contributed by atoms with Crippen LogP contribution in [0.4, 0.5) is 0 Å². The third-order valence-electron chi connectivity index (χ3n) is 5.62. The van der Waals surface area contributed by atoms with Crippen LogP contribution >= 0.6 is 0 Å². The molecule has 0 aliphatic carbocycles. The Hall–Kier alpha value is -2.50. The van der Waals surface area contributed by atoms with Crippen LogP contribution in [0.2, 0.25) is 0 Å². The Balaban J connectivity index is 1.53. The molecule has 2 aliphatic heterocycles. The van der Waals surface area contributed by atoms with Gasteiger partial charge in [-0.05, 0) is 35.7 Å². The van der Waals surface area contributed by atoms with E-state index in [1.54, 1.807) is 6.20 Å². The number of benzene rings is 2. The molecule has 3 aromatic rings. The highest BCUT2D eigenvalue weighted by Crippen LogP contribution is 2.30. The quantitative estimate of drug-likeness (QED) is 0.654. The van der Waals surface area contributed by atoms with E-state index in [1.165, 1.54) is 0 Å². The van der Waals surface area contributed by atoms with Crippen molar-refractivity contribution in [3.05, 3.63) is 54.2 Å². The van der Waals surface area contributed by atoms with E-state index in [9.17, 15) is 4.79 Å². The normalized spacial score (nSPS) is 21.2. The molecule has 27 heavy (non-hydrogen) atoms. The topological polar surface area (TPSA) is 51.7 Å². The van der Waals surface area contributed by atoms with Gasteiger partial charge in [0.15, 0.2) is 6.29 Å². The maximum absolute atomic E-state index is 13.4. The van der Waals surface area contributed by atoms with Crippen LogP contribution in [0.15, 0.2) is 48.7 Å². The molecule has 0 saturated carbocycles. The SMILES string of the molecule is O=C(c1cc2ccccc2c2cccnc12)N1CCCC(C2OCCO2)C1. The fraction of sp³-hybridized carbons (Fsp3) is 0.364. The number of nitrogens with zero attached hydrogens (tertiary/aromatic N) is 2. The van der Waals surface area contributed by atoms with Crippen molar-refractivity contribution >= 4 is 27.6 Å². The number of amides is 1. The number of aromatic nitrogens is 1. The van der Waals surface area contributed by atoms with Gasteiger partial charge in [0, 0.05) is 30.6 Å². The van der Waals surface area contributed by atoms with Gasteiger partial charge in [-0.1, -0.05) is 30.3 Å². The molecule has 1 unspecified atom stereocenters. The van der Waals surface area contributed by atoms with Gasteiger partial charge in [0.25, 0.3) is 5.91 Å². The van der Waals surface area contributed by atoms with Gasteiger partial charge < -0.3 is 14.4 Å². The zero-order valence-electron chi connectivity index (χ0n) is 15.1. The second-order valence-electron chi connectivity index (χ2n) is 7.31. The Labute approximate surface area is 157 Å². The molecule has 3 heterocycles. The molecule has 0 N–H and O–H groups in total. The van der Waals surface area contributed by atoms with Gasteiger partial charge in [0.2, 0.25) is 0 Å². The van der Waals surface area contributed by atoms with Crippen molar-refractivity contribution in [1.29, 1.82) is 0 Å². The average Bonchev–Trinajstić information content (AvgIpc) is 3.28. The first kappa shape index (κ1) is 16.7. The van der Waals surface area contributed by atoms with Crippen LogP contribution < -0.4 is 0 Å². The maximum atomic E-state index is 13.4. The van der Waals surface area contributed by atoms with Crippen molar-refractivity contribution in [2.75, 3.05) is 26.3 Å². The number of fused-ring (bicyclic) bond motifs is 3. The minimum absolute atomic E-state index is 0.0483. The maximum Gasteiger partial charge on any atom is 0.256 e. The lowest BCUT2D eigenvalue weighted by molar-refractivity contribution is -0.0969. The Bertz CT molecular complexity index is 997. The minimum atomic E-state index is -0.174. The minimum Gasteiger partial charge on any atom is -0.350 e. The molecule has 5 nitrogen and oxygen atoms in total. The molecule has 138 valence electrons. The number of likely N-dealkylation sites (tertiary alicyclic amines) is 1. The molecule has 5 heteroatoms. The Morgan fingerprint density at radius 2 is 1.89 bits per heavy atom. The lowest BCUT2D eigenvalue weighted by atomic mass is 9.95. The smallest absolute Gasteiger partial charge is 0.256 e. The van der Waals surface area contributed by atoms with E-state index in [4.69, 9.17) is 9.47 Å². The molecular weight excluding hydrogens is 340 g/mol. The van der Waals surface area contributed by atoms with E-state index < -0.39 is 0 Å². The summed E-state index contributed by atoms with van der Waals surface area (Å²) in [4.78, 5) is 19.9. The average molecular weight is 362 g/mol. The van der Waals surface area contributed by atoms with Crippen LogP contribution in [0, 0.1) is 5.92 Å². The van der Waals surface area contributed by atoms with Crippen molar-refractivity contribution in [3.8, 4) is 0 Å². The summed E-state index contributed by atoms with van der Waals surface area (Å²) in [7, 11) is 0. The van der Waals surface area contributed by atoms with Crippen LogP contribution in [0.25, 0.3) is 21.7 Å². The number of rotatable bonds is 2. The lowest BCUT2D eigenvalue weighted by Crippen LogP contribution is -2.43. The van der Waals surface area contributed by atoms with Gasteiger partial charge in [-0.3, -0.25) is 9.78 Å². The summed E-state index contributed by atoms with van der Waals surface area (Å²) in [5.74, 6) is 0.289. The number of carbonyl (C=O) groups is 1. The predicted molar refractivity (Wildman–Crippen MR) is 104 cm³/mol. The molecule has 2 aromatic carbocycles. The van der Waals surface area contributed by atoms with Crippen molar-refractivity contribution < 1.29 is 14.3 Å². The van der Waals surface area contributed by atoms with Gasteiger partial charge in [0.05, 0.1) is 24.3 Å². The fourth-order valence-corrected chi connectivity index (χ4v) is 4.33. The van der Waals surface area contributed by atoms with Crippen LogP contribution in [-0.4, -0.2) is 48.4 Å². The highest BCUT2D eigenvalue weighted by molar-refractivity contribution is 6.15. The molecular formula is C22H22N2O3. The summed E-state index contributed by atoms with van der Waals surface area (Å²) in [5, 5.41) is 3.22. The Morgan fingerprint density at radius 1 is 1.07 bits per heavy atom. The standard InChI is InChI=1S/C22H22N2O3/c25-21(24-10-4-6-16(14-24)22-26-11-12-27-22)19-13-15-5-1-2-7-17(15)18-8-3-9-23-20(18)19/h1-3,5,7-9,13,16,22H,4,6,10-12,14H2. The molecule has 2 fully saturated rings. The highest BCUT2D eigenvalue weighted by atomic mass is 16.7. The Kier molecular flexibility index (Phi) is 4.26. The first-order chi connectivity index (χ1) is 13.3. The van der Waals surface area contributed by atoms with Crippen molar-refractivity contribution in [2.24, 2.45) is 5.92 Å². The first-order valence-corrected chi connectivity index (χ1v) is 9.60. The summed E-state index contributed by atoms with van der Waals surface area (Å²) < 4.78 is 11.4. The van der Waals surface area contributed by atoms with Gasteiger partial charge in [-0.25, -0.2) is 0 Å². The van der Waals surface area contributed by atoms with Crippen LogP contribution in [0.5, 0.6) is 0 Å². The molecule has 1 atom stereocenters. The number of ether oxygens (including phenoxy) is 2. The first-order valence-electron chi connectivity index (χ1n) is 9.60. The van der Waals surface area contributed by atoms with Crippen molar-refractivity contribution in [3.63, 3.8) is 0 Å². The second-order valence-corrected chi connectivity index (χ2v) is 7.31. The molecule has 0 bridgehead atoms. The third kappa shape index (κ3) is 2.97. The van der Waals surface area contributed by atoms with Crippen LogP contribution in [0.1, 0.15) is 23.2 Å². The van der Waals surface area contributed by atoms with Crippen molar-refractivity contribution in [1.82, 2.24) is 9.88 Å². The van der Waals surface area contributed by atoms with E-state index >= 15 is 0 Å². The van der Waals surface area contributed by atoms with Gasteiger partial charge in [-0.2, -0.15) is 0 Å². The summed E-state index contributed by atoms with van der Waals surface area (Å²) >= 11 is 0. The predicted octanol–water partition coefficient (Wildman–Crippen LogP) is 3.61. The van der Waals surface area contributed by atoms with Crippen LogP contribution in [0.3, 0.4) is 0 Å². The van der Waals surface area contributed by atoms with E-state index in [2.05, 4.69) is 17.1 Å². The van der Waals surface area contributed by atoms with Crippen molar-refractivity contribution in [2.45, 2.75) is 19.1 Å². The summed E-state index contributed by atoms with van der Waals surface area (Å²) in [6.45, 7) is 2.73. The van der Waals surface area contributed by atoms with E-state index in [-0.39, 0.29) is 18.1 Å². The number of piperidine rings is 1. The lowest BCUT2D eigenvalue weighted by Gasteiger charge is -2.35. The summed E-state index contributed by atoms with van der Waals surface area (Å²) in [6.07, 6.45) is 3.59. The largest absolute Gasteiger partial charge is 0.350 e. The number of pyridine rings is 1. The third-order valence-corrected chi connectivity index (χ3v) is 5.62. The summed E-state index contributed by atoms with van der Waals surface area (Å²) in [6, 6.07) is 14.1. The molecule has 1 amide bonds. The molecule has 2 saturated heterocycles. The zero-order chi connectivity index (χ0) is 18.2. The van der Waals surface area contributed by atoms with E-state index in [0.29, 0.717) is 25.3 Å². The molecule has 1 aromatic heterocycles. The zero-order valence-corrected chi connectivity index (χ0v) is 15.1. The molecule has 5 rings (SSSR count). The van der Waals surface area contributed by atoms with Gasteiger partial charge in [-0.15, -0.1) is 0 Å². The molecule has 2 aliphatic rings. The second kappa shape index (κ2) is 6.91. The molecule has 0 radical (unpaired) electrons. The van der Waals surface area contributed by atoms with Gasteiger partial charge in [0.1, 0.15) is 0 Å². The summed E-state index contributed by atoms with van der Waals surface area (Å²) in [5.41, 5.74) is 1.45. The van der Waals surface area contributed by atoms with Crippen LogP contribution in [-0.2, 0) is 9.47 Å². The number of hydrogen-bond acceptors (Lipinski definition) is 4. The van der Waals surface area contributed by atoms with E-state index in [1.807, 2.05) is 35.2 Å². The molecule has 0 spiro atoms. The highest BCUT2D eigenvalue weighted by Gasteiger charge is 2.33. The fourth-order valence-electron chi connectivity index (χ4n) is 4.33. The monoisotopic (exact) mass is 362 g/mol.